The summed E-state index contributed by atoms with van der Waals surface area (Å²) in [6.07, 6.45) is 0. The summed E-state index contributed by atoms with van der Waals surface area (Å²) in [4.78, 5) is 28.5. The summed E-state index contributed by atoms with van der Waals surface area (Å²) in [5, 5.41) is 8.42. The summed E-state index contributed by atoms with van der Waals surface area (Å²) < 4.78 is 14.3. The van der Waals surface area contributed by atoms with Gasteiger partial charge < -0.3 is 14.3 Å². The molecule has 1 atom stereocenters. The number of hydrogen-bond donors (Lipinski definition) is 2. The first-order chi connectivity index (χ1) is 6.38. The van der Waals surface area contributed by atoms with Gasteiger partial charge in [0.1, 0.15) is 5.75 Å². The number of phosphoric ester groups is 1. The maximum absolute atomic E-state index is 10.3. The Kier molecular flexibility index (Phi) is 5.16. The Bertz CT molecular complexity index is 387. The Labute approximate surface area is 100.0 Å². The van der Waals surface area contributed by atoms with Gasteiger partial charge in [0.2, 0.25) is 0 Å². The normalized spacial score (nSPS) is 13.5. The van der Waals surface area contributed by atoms with Gasteiger partial charge in [0.05, 0.1) is 4.91 Å². The van der Waals surface area contributed by atoms with Gasteiger partial charge in [-0.15, -0.1) is 0 Å². The van der Waals surface area contributed by atoms with E-state index < -0.39 is 7.82 Å². The second kappa shape index (κ2) is 5.41. The molecule has 15 heavy (non-hydrogen) atoms. The predicted molar refractivity (Wildman–Crippen MR) is 42.0 cm³/mol. The molecule has 0 fully saturated rings. The van der Waals surface area contributed by atoms with Crippen molar-refractivity contribution >= 4 is 13.5 Å². The zero-order chi connectivity index (χ0) is 10.8. The number of nitrogens with zero attached hydrogens (tertiary/aromatic N) is 1. The first-order valence-electron chi connectivity index (χ1n) is 3.38. The van der Waals surface area contributed by atoms with Crippen molar-refractivity contribution in [2.24, 2.45) is 0 Å². The van der Waals surface area contributed by atoms with Crippen molar-refractivity contribution in [1.29, 1.82) is 0 Å². The summed E-state index contributed by atoms with van der Waals surface area (Å²) in [6, 6.07) is 4.46. The van der Waals surface area contributed by atoms with E-state index in [1.807, 2.05) is 0 Å². The molecule has 1 radical (unpaired) electrons. The van der Waals surface area contributed by atoms with E-state index in [0.29, 0.717) is 0 Å². The summed E-state index contributed by atoms with van der Waals surface area (Å²) in [7, 11) is -4.83. The van der Waals surface area contributed by atoms with Crippen molar-refractivity contribution < 1.29 is 51.4 Å². The van der Waals surface area contributed by atoms with Crippen LogP contribution in [-0.2, 0) is 26.9 Å². The minimum absolute atomic E-state index is 0. The number of rotatable bonds is 3. The van der Waals surface area contributed by atoms with Crippen LogP contribution in [0.5, 0.6) is 5.75 Å². The van der Waals surface area contributed by atoms with E-state index in [1.54, 1.807) is 0 Å². The van der Waals surface area contributed by atoms with Crippen molar-refractivity contribution in [2.45, 2.75) is 0 Å². The van der Waals surface area contributed by atoms with Crippen LogP contribution >= 0.6 is 7.82 Å². The molecule has 0 aliphatic heterocycles. The Morgan fingerprint density at radius 2 is 1.80 bits per heavy atom. The molecule has 0 spiro atoms. The Morgan fingerprint density at radius 1 is 1.33 bits per heavy atom. The van der Waals surface area contributed by atoms with Crippen molar-refractivity contribution in [2.75, 3.05) is 0 Å². The van der Waals surface area contributed by atoms with Crippen LogP contribution in [0.3, 0.4) is 0 Å². The maximum atomic E-state index is 10.3. The molecule has 1 unspecified atom stereocenters. The SMILES string of the molecule is O=[N+](O)c1ccc(OP(=O)([O-])O)cc1.[Ag]. The fraction of sp³-hybridized carbons (Fsp3) is 0. The second-order valence-corrected chi connectivity index (χ2v) is 3.45. The van der Waals surface area contributed by atoms with Crippen molar-refractivity contribution in [3.8, 4) is 5.75 Å². The van der Waals surface area contributed by atoms with Gasteiger partial charge in [-0.05, 0) is 12.1 Å². The molecule has 2 N–H and O–H groups in total. The maximum Gasteiger partial charge on any atom is 0.317 e. The molecule has 0 heterocycles. The van der Waals surface area contributed by atoms with E-state index in [9.17, 15) is 14.4 Å². The monoisotopic (exact) mass is 326 g/mol. The Hall–Kier alpha value is -0.690. The van der Waals surface area contributed by atoms with E-state index in [2.05, 4.69) is 4.52 Å². The minimum atomic E-state index is -4.83. The van der Waals surface area contributed by atoms with Crippen LogP contribution in [0.15, 0.2) is 24.3 Å². The fourth-order valence-electron chi connectivity index (χ4n) is 0.768. The van der Waals surface area contributed by atoms with Gasteiger partial charge in [-0.2, -0.15) is 0 Å². The topological polar surface area (TPSA) is 110 Å². The molecule has 0 bridgehead atoms. The molecule has 1 aromatic rings. The van der Waals surface area contributed by atoms with Crippen molar-refractivity contribution in [3.05, 3.63) is 29.2 Å². The van der Waals surface area contributed by atoms with Gasteiger partial charge in [-0.25, -0.2) is 5.21 Å². The average molecular weight is 327 g/mol. The second-order valence-electron chi connectivity index (χ2n) is 2.33. The largest absolute Gasteiger partial charge is 0.746 e. The molecule has 0 aliphatic carbocycles. The fourth-order valence-corrected chi connectivity index (χ4v) is 1.16. The molecule has 0 saturated carbocycles. The summed E-state index contributed by atoms with van der Waals surface area (Å²) in [6.45, 7) is 0. The third kappa shape index (κ3) is 5.08. The number of hydrogen-bond acceptors (Lipinski definition) is 4. The van der Waals surface area contributed by atoms with Gasteiger partial charge >= 0.3 is 13.5 Å². The van der Waals surface area contributed by atoms with Crippen molar-refractivity contribution in [1.82, 2.24) is 0 Å². The summed E-state index contributed by atoms with van der Waals surface area (Å²) >= 11 is 0. The molecule has 0 aromatic heterocycles. The predicted octanol–water partition coefficient (Wildman–Crippen LogP) is 0.323. The van der Waals surface area contributed by atoms with Gasteiger partial charge in [0, 0.05) is 34.5 Å². The van der Waals surface area contributed by atoms with E-state index in [0.717, 1.165) is 24.3 Å². The molecular weight excluding hydrogens is 321 g/mol. The van der Waals surface area contributed by atoms with Gasteiger partial charge in [0.25, 0.3) is 4.92 Å². The zero-order valence-corrected chi connectivity index (χ0v) is 9.41. The van der Waals surface area contributed by atoms with E-state index in [-0.39, 0.29) is 38.7 Å². The molecule has 1 rings (SSSR count). The Morgan fingerprint density at radius 3 is 2.13 bits per heavy atom. The van der Waals surface area contributed by atoms with E-state index in [4.69, 9.17) is 10.1 Å². The summed E-state index contributed by atoms with van der Waals surface area (Å²) in [5.41, 5.74) is -0.0870. The number of phosphoric acid groups is 1. The minimum Gasteiger partial charge on any atom is -0.746 e. The van der Waals surface area contributed by atoms with Gasteiger partial charge in [0.15, 0.2) is 0 Å². The molecule has 0 aliphatic rings. The Balaban J connectivity index is 0.00000196. The molecule has 0 saturated heterocycles. The smallest absolute Gasteiger partial charge is 0.317 e. The van der Waals surface area contributed by atoms with Crippen LogP contribution in [0.4, 0.5) is 5.69 Å². The summed E-state index contributed by atoms with van der Waals surface area (Å²) in [5.74, 6) is -0.156. The van der Waals surface area contributed by atoms with Crippen molar-refractivity contribution in [3.63, 3.8) is 0 Å². The molecule has 7 nitrogen and oxygen atoms in total. The van der Waals surface area contributed by atoms with Gasteiger partial charge in [-0.1, -0.05) is 0 Å². The quantitative estimate of drug-likeness (QED) is 0.470. The molecule has 87 valence electrons. The molecule has 9 heteroatoms. The van der Waals surface area contributed by atoms with Crippen LogP contribution in [0.25, 0.3) is 0 Å². The molecule has 0 amide bonds. The van der Waals surface area contributed by atoms with Gasteiger partial charge in [-0.3, -0.25) is 4.57 Å². The van der Waals surface area contributed by atoms with E-state index >= 15 is 0 Å². The van der Waals surface area contributed by atoms with Crippen LogP contribution in [0.2, 0.25) is 0 Å². The zero-order valence-electron chi connectivity index (χ0n) is 7.03. The van der Waals surface area contributed by atoms with Crippen LogP contribution in [0, 0.1) is 4.91 Å². The van der Waals surface area contributed by atoms with Crippen LogP contribution in [0.1, 0.15) is 0 Å². The molecular formula is C6H6AgNO6P. The molecule has 1 aromatic carbocycles. The van der Waals surface area contributed by atoms with E-state index in [1.165, 1.54) is 0 Å². The third-order valence-corrected chi connectivity index (χ3v) is 1.72. The van der Waals surface area contributed by atoms with Crippen LogP contribution < -0.4 is 9.42 Å². The third-order valence-electron chi connectivity index (χ3n) is 1.28. The number of benzene rings is 1. The average Bonchev–Trinajstić information content (AvgIpc) is 2.02. The standard InChI is InChI=1S/C6H6NO6P.Ag/c8-7(9)5-1-3-6(4-2-5)13-14(10,11)12;/h1-4H,(H2-,8,9,10,11,12);. The first kappa shape index (κ1) is 14.3. The first-order valence-corrected chi connectivity index (χ1v) is 4.87. The van der Waals surface area contributed by atoms with Crippen LogP contribution in [-0.4, -0.2) is 15.0 Å².